The number of anilines is 3. The summed E-state index contributed by atoms with van der Waals surface area (Å²) >= 11 is 1.23. The molecule has 17 nitrogen and oxygen atoms in total. The Morgan fingerprint density at radius 1 is 1.09 bits per heavy atom. The number of hydrogen-bond acceptors (Lipinski definition) is 11. The number of rotatable bonds is 9. The number of aliphatic carboxylic acids is 1. The molecule has 47 heavy (non-hydrogen) atoms. The number of aromatic amines is 1. The van der Waals surface area contributed by atoms with Crippen molar-refractivity contribution in [3.8, 4) is 5.75 Å². The van der Waals surface area contributed by atoms with Gasteiger partial charge in [-0.05, 0) is 55.8 Å². The molecule has 9 N–H and O–H groups in total. The van der Waals surface area contributed by atoms with Crippen molar-refractivity contribution < 1.29 is 37.8 Å². The van der Waals surface area contributed by atoms with E-state index in [1.54, 1.807) is 13.8 Å². The van der Waals surface area contributed by atoms with Crippen LogP contribution in [0.1, 0.15) is 25.5 Å². The van der Waals surface area contributed by atoms with Crippen LogP contribution in [-0.2, 0) is 24.4 Å². The number of β-lactam (4-membered cyclic amide) rings is 1. The summed E-state index contributed by atoms with van der Waals surface area (Å²) in [5, 5.41) is 33.9. The van der Waals surface area contributed by atoms with Crippen molar-refractivity contribution in [3.05, 3.63) is 70.6 Å². The molecule has 2 aromatic carbocycles. The molecule has 0 bridgehead atoms. The van der Waals surface area contributed by atoms with E-state index in [1.807, 2.05) is 0 Å². The van der Waals surface area contributed by atoms with Gasteiger partial charge in [-0.15, -0.1) is 11.8 Å². The number of phenolic OH excluding ortho intramolecular Hbond substituents is 1. The number of carboxylic acids is 1. The number of nitrogens with one attached hydrogen (secondary N) is 5. The predicted octanol–water partition coefficient (Wildman–Crippen LogP) is -0.287. The fourth-order valence-electron chi connectivity index (χ4n) is 5.05. The van der Waals surface area contributed by atoms with Gasteiger partial charge in [0.05, 0.1) is 11.1 Å². The molecule has 2 aliphatic heterocycles. The summed E-state index contributed by atoms with van der Waals surface area (Å²) in [5.74, 6) is -2.67. The zero-order valence-electron chi connectivity index (χ0n) is 24.0. The number of fused-ring (bicyclic) bond motifs is 1. The second-order valence-electron chi connectivity index (χ2n) is 10.9. The average Bonchev–Trinajstić information content (AvgIpc) is 3.24. The number of primary sulfonamides is 1. The molecule has 3 aromatic rings. The van der Waals surface area contributed by atoms with Crippen LogP contribution in [0.5, 0.6) is 5.75 Å². The number of amides is 4. The number of urea groups is 1. The molecule has 244 valence electrons. The SMILES string of the molecule is CC1(C)S[C@@H]2[C@H](NC(=O)C(NC(=O)Nc3cnc(Nc4ccc(S(N)(=O)=O)cc4)[nH]c3=O)c3ccc(O)cc3)C(=O)N2[C@H]1C(=O)O.[NaH]. The van der Waals surface area contributed by atoms with Crippen molar-refractivity contribution in [1.29, 1.82) is 0 Å². The topological polar surface area (TPSA) is 266 Å². The molecular weight excluding hydrogens is 667 g/mol. The third kappa shape index (κ3) is 7.55. The molecule has 0 aliphatic carbocycles. The van der Waals surface area contributed by atoms with Crippen LogP contribution in [0.3, 0.4) is 0 Å². The average molecular weight is 697 g/mol. The van der Waals surface area contributed by atoms with Crippen molar-refractivity contribution in [2.24, 2.45) is 5.14 Å². The number of benzene rings is 2. The van der Waals surface area contributed by atoms with E-state index in [9.17, 15) is 42.6 Å². The number of nitrogens with zero attached hydrogens (tertiary/aromatic N) is 2. The Hall–Kier alpha value is -4.14. The third-order valence-electron chi connectivity index (χ3n) is 7.23. The van der Waals surface area contributed by atoms with E-state index in [0.717, 1.165) is 6.20 Å². The molecule has 0 radical (unpaired) electrons. The molecule has 2 aliphatic rings. The van der Waals surface area contributed by atoms with Crippen LogP contribution in [-0.4, -0.2) is 109 Å². The van der Waals surface area contributed by atoms with Crippen LogP contribution in [0.25, 0.3) is 0 Å². The Kier molecular flexibility index (Phi) is 10.3. The van der Waals surface area contributed by atoms with Gasteiger partial charge in [0.25, 0.3) is 5.56 Å². The number of carbonyl (C=O) groups excluding carboxylic acids is 3. The predicted molar refractivity (Wildman–Crippen MR) is 172 cm³/mol. The Labute approximate surface area is 293 Å². The van der Waals surface area contributed by atoms with Gasteiger partial charge in [0.15, 0.2) is 0 Å². The van der Waals surface area contributed by atoms with Crippen molar-refractivity contribution in [1.82, 2.24) is 25.5 Å². The molecule has 4 amide bonds. The van der Waals surface area contributed by atoms with Crippen molar-refractivity contribution >= 4 is 92.5 Å². The number of phenols is 1. The Morgan fingerprint density at radius 2 is 1.72 bits per heavy atom. The van der Waals surface area contributed by atoms with E-state index in [4.69, 9.17) is 5.14 Å². The van der Waals surface area contributed by atoms with E-state index in [-0.39, 0.29) is 57.4 Å². The molecule has 1 aromatic heterocycles. The second kappa shape index (κ2) is 13.5. The summed E-state index contributed by atoms with van der Waals surface area (Å²) in [6, 6.07) is 6.16. The molecule has 0 spiro atoms. The van der Waals surface area contributed by atoms with Gasteiger partial charge in [-0.2, -0.15) is 0 Å². The van der Waals surface area contributed by atoms with Crippen molar-refractivity contribution in [2.75, 3.05) is 10.6 Å². The van der Waals surface area contributed by atoms with E-state index < -0.39 is 67.6 Å². The first-order valence-corrected chi connectivity index (χ1v) is 15.9. The number of thioether (sulfide) groups is 1. The number of nitrogens with two attached hydrogens (primary N) is 1. The van der Waals surface area contributed by atoms with Crippen LogP contribution in [0.2, 0.25) is 0 Å². The van der Waals surface area contributed by atoms with Gasteiger partial charge in [0.2, 0.25) is 27.8 Å². The van der Waals surface area contributed by atoms with E-state index >= 15 is 0 Å². The number of carbonyl (C=O) groups is 4. The van der Waals surface area contributed by atoms with Gasteiger partial charge in [-0.25, -0.2) is 28.1 Å². The minimum atomic E-state index is -3.89. The monoisotopic (exact) mass is 696 g/mol. The van der Waals surface area contributed by atoms with Crippen LogP contribution in [0, 0.1) is 0 Å². The third-order valence-corrected chi connectivity index (χ3v) is 9.73. The van der Waals surface area contributed by atoms with Gasteiger partial charge in [0.1, 0.15) is 34.9 Å². The maximum atomic E-state index is 13.5. The summed E-state index contributed by atoms with van der Waals surface area (Å²) in [6.07, 6.45) is 1.05. The standard InChI is InChI=1S/C27H28N8O9S2.Na.H/c1-27(2)19(24(40)41)35-22(39)18(23(35)45-27)32-21(38)17(12-3-7-14(36)8-4-12)33-26(42)31-16-11-29-25(34-20(16)37)30-13-5-9-15(10-6-13)46(28,43)44;;/h3-11,17-19,23,36H,1-2H3,(H,32,38)(H,40,41)(H2,28,43,44)(H2,31,33,42)(H2,29,30,34,37);;/t17?,18-,19+,23-;;/m1../s1. The van der Waals surface area contributed by atoms with Crippen molar-refractivity contribution in [2.45, 2.75) is 47.0 Å². The Bertz CT molecular complexity index is 1890. The van der Waals surface area contributed by atoms with Gasteiger partial charge in [0, 0.05) is 10.4 Å². The zero-order chi connectivity index (χ0) is 33.6. The maximum absolute atomic E-state index is 13.5. The first kappa shape index (κ1) is 35.7. The quantitative estimate of drug-likeness (QED) is 0.106. The fourth-order valence-corrected chi connectivity index (χ4v) is 7.19. The summed E-state index contributed by atoms with van der Waals surface area (Å²) in [6.45, 7) is 3.39. The van der Waals surface area contributed by atoms with Crippen molar-refractivity contribution in [3.63, 3.8) is 0 Å². The summed E-state index contributed by atoms with van der Waals surface area (Å²) in [5.41, 5.74) is -0.445. The number of sulfonamides is 1. The summed E-state index contributed by atoms with van der Waals surface area (Å²) < 4.78 is 22.0. The van der Waals surface area contributed by atoms with Crippen LogP contribution < -0.4 is 32.0 Å². The van der Waals surface area contributed by atoms with E-state index in [1.165, 1.54) is 65.2 Å². The first-order valence-electron chi connectivity index (χ1n) is 13.4. The normalized spacial score (nSPS) is 20.1. The molecule has 2 saturated heterocycles. The molecule has 5 rings (SSSR count). The summed E-state index contributed by atoms with van der Waals surface area (Å²) in [7, 11) is -3.89. The number of aromatic nitrogens is 2. The van der Waals surface area contributed by atoms with E-state index in [2.05, 4.69) is 31.2 Å². The minimum absolute atomic E-state index is 0. The molecule has 2 fully saturated rings. The number of carboxylic acid groups (broad SMARTS) is 1. The van der Waals surface area contributed by atoms with Gasteiger partial charge in [-0.3, -0.25) is 19.4 Å². The number of aromatic hydroxyl groups is 1. The van der Waals surface area contributed by atoms with Crippen LogP contribution in [0.4, 0.5) is 22.1 Å². The van der Waals surface area contributed by atoms with Gasteiger partial charge < -0.3 is 36.4 Å². The van der Waals surface area contributed by atoms with E-state index in [0.29, 0.717) is 5.69 Å². The molecular formula is C27H29N8NaO9S2. The first-order chi connectivity index (χ1) is 21.5. The molecule has 0 saturated carbocycles. The number of hydrogen-bond donors (Lipinski definition) is 8. The molecule has 20 heteroatoms. The number of H-pyrrole nitrogens is 1. The van der Waals surface area contributed by atoms with Crippen LogP contribution >= 0.6 is 11.8 Å². The molecule has 4 atom stereocenters. The second-order valence-corrected chi connectivity index (χ2v) is 14.2. The van der Waals surface area contributed by atoms with Gasteiger partial charge >= 0.3 is 41.6 Å². The fraction of sp³-hybridized carbons (Fsp3) is 0.259. The zero-order valence-corrected chi connectivity index (χ0v) is 25.7. The summed E-state index contributed by atoms with van der Waals surface area (Å²) in [4.78, 5) is 71.4. The van der Waals surface area contributed by atoms with Gasteiger partial charge in [-0.1, -0.05) is 12.1 Å². The Morgan fingerprint density at radius 3 is 2.30 bits per heavy atom. The molecule has 1 unspecified atom stereocenters. The van der Waals surface area contributed by atoms with Crippen LogP contribution in [0.15, 0.2) is 64.4 Å². The molecule has 3 heterocycles. The Balaban J connectivity index is 0.00000500.